The van der Waals surface area contributed by atoms with Gasteiger partial charge >= 0.3 is 6.18 Å². The minimum atomic E-state index is -4.77. The van der Waals surface area contributed by atoms with Crippen LogP contribution in [0, 0.1) is 36.5 Å². The first-order valence-corrected chi connectivity index (χ1v) is 19.5. The number of fused-ring (bicyclic) bond motifs is 6. The zero-order valence-electron chi connectivity index (χ0n) is 32.5. The number of nitrogens with zero attached hydrogens (tertiary/aromatic N) is 4. The van der Waals surface area contributed by atoms with Gasteiger partial charge in [-0.05, 0) is 102 Å². The fourth-order valence-electron chi connectivity index (χ4n) is 8.89. The third-order valence-corrected chi connectivity index (χ3v) is 11.5. The average molecular weight is 783 g/mol. The van der Waals surface area contributed by atoms with Gasteiger partial charge in [0.15, 0.2) is 0 Å². The van der Waals surface area contributed by atoms with Gasteiger partial charge in [-0.1, -0.05) is 114 Å². The summed E-state index contributed by atoms with van der Waals surface area (Å²) >= 11 is 0. The molecule has 0 radical (unpaired) electrons. The molecule has 10 rings (SSSR count). The number of para-hydroxylation sites is 2. The Labute approximate surface area is 343 Å². The molecule has 60 heavy (non-hydrogen) atoms. The summed E-state index contributed by atoms with van der Waals surface area (Å²) in [6.07, 6.45) is -4.77. The van der Waals surface area contributed by atoms with Crippen LogP contribution in [0.3, 0.4) is 0 Å². The maximum Gasteiger partial charge on any atom is 0.417 e. The number of rotatable bonds is 5. The van der Waals surface area contributed by atoms with E-state index in [-0.39, 0.29) is 22.3 Å². The SMILES string of the molecule is Cc1cccc(-c2ccc3c(c2)c2ccccc2n3-c2cc(-c3c(C#N)cccc3C(F)(F)F)cc(-n3c4ccccc4c4cc(-c5cccc(C)c5)ccc43)c2C#N)c1. The topological polar surface area (TPSA) is 57.4 Å². The van der Waals surface area contributed by atoms with Gasteiger partial charge in [0.1, 0.15) is 11.6 Å². The first-order valence-electron chi connectivity index (χ1n) is 19.5. The van der Waals surface area contributed by atoms with Crippen LogP contribution in [0.5, 0.6) is 0 Å². The monoisotopic (exact) mass is 782 g/mol. The molecule has 0 amide bonds. The van der Waals surface area contributed by atoms with Crippen LogP contribution in [-0.2, 0) is 6.18 Å². The number of nitriles is 2. The first kappa shape index (κ1) is 36.5. The Bertz CT molecular complexity index is 3300. The van der Waals surface area contributed by atoms with Crippen LogP contribution in [-0.4, -0.2) is 9.13 Å². The molecule has 0 N–H and O–H groups in total. The van der Waals surface area contributed by atoms with Crippen LogP contribution in [0.2, 0.25) is 0 Å². The highest BCUT2D eigenvalue weighted by Gasteiger charge is 2.35. The van der Waals surface area contributed by atoms with Crippen LogP contribution in [0.25, 0.3) is 88.4 Å². The molecular formula is C53H33F3N4. The number of alkyl halides is 3. The van der Waals surface area contributed by atoms with Crippen molar-refractivity contribution in [2.24, 2.45) is 0 Å². The quantitative estimate of drug-likeness (QED) is 0.175. The second kappa shape index (κ2) is 13.9. The summed E-state index contributed by atoms with van der Waals surface area (Å²) in [4.78, 5) is 0. The van der Waals surface area contributed by atoms with Crippen molar-refractivity contribution in [1.29, 1.82) is 10.5 Å². The van der Waals surface area contributed by atoms with Gasteiger partial charge in [-0.3, -0.25) is 0 Å². The lowest BCUT2D eigenvalue weighted by atomic mass is 9.92. The molecule has 0 aliphatic rings. The highest BCUT2D eigenvalue weighted by Crippen LogP contribution is 2.45. The molecule has 0 fully saturated rings. The lowest BCUT2D eigenvalue weighted by Gasteiger charge is -2.20. The molecule has 0 aliphatic heterocycles. The van der Waals surface area contributed by atoms with Gasteiger partial charge in [0.25, 0.3) is 0 Å². The minimum absolute atomic E-state index is 0.124. The van der Waals surface area contributed by atoms with Crippen LogP contribution in [0.4, 0.5) is 13.2 Å². The van der Waals surface area contributed by atoms with Crippen molar-refractivity contribution in [3.8, 4) is 56.9 Å². The van der Waals surface area contributed by atoms with Crippen molar-refractivity contribution in [3.05, 3.63) is 192 Å². The molecule has 4 nitrogen and oxygen atoms in total. The van der Waals surface area contributed by atoms with Crippen molar-refractivity contribution in [1.82, 2.24) is 9.13 Å². The van der Waals surface area contributed by atoms with E-state index in [2.05, 4.69) is 68.4 Å². The molecule has 7 heteroatoms. The molecule has 286 valence electrons. The van der Waals surface area contributed by atoms with Gasteiger partial charge in [0.05, 0.1) is 50.6 Å². The van der Waals surface area contributed by atoms with Crippen molar-refractivity contribution in [3.63, 3.8) is 0 Å². The van der Waals surface area contributed by atoms with Gasteiger partial charge in [-0.25, -0.2) is 0 Å². The highest BCUT2D eigenvalue weighted by atomic mass is 19.4. The average Bonchev–Trinajstić information content (AvgIpc) is 3.77. The lowest BCUT2D eigenvalue weighted by Crippen LogP contribution is -2.10. The van der Waals surface area contributed by atoms with Crippen molar-refractivity contribution in [2.75, 3.05) is 0 Å². The van der Waals surface area contributed by atoms with Crippen LogP contribution in [0.1, 0.15) is 27.8 Å². The Kier molecular flexibility index (Phi) is 8.45. The second-order valence-corrected chi connectivity index (χ2v) is 15.2. The predicted molar refractivity (Wildman–Crippen MR) is 235 cm³/mol. The summed E-state index contributed by atoms with van der Waals surface area (Å²) in [7, 11) is 0. The molecule has 0 unspecified atom stereocenters. The number of halogens is 3. The third-order valence-electron chi connectivity index (χ3n) is 11.5. The molecule has 0 spiro atoms. The summed E-state index contributed by atoms with van der Waals surface area (Å²) in [5, 5.41) is 25.4. The zero-order chi connectivity index (χ0) is 41.3. The van der Waals surface area contributed by atoms with Gasteiger partial charge in [-0.2, -0.15) is 23.7 Å². The molecule has 0 aliphatic carbocycles. The summed E-state index contributed by atoms with van der Waals surface area (Å²) in [5.74, 6) is 0. The van der Waals surface area contributed by atoms with Gasteiger partial charge in [0.2, 0.25) is 0 Å². The Hall–Kier alpha value is -7.87. The summed E-state index contributed by atoms with van der Waals surface area (Å²) in [6, 6.07) is 56.1. The largest absolute Gasteiger partial charge is 0.417 e. The van der Waals surface area contributed by atoms with E-state index >= 15 is 13.2 Å². The summed E-state index contributed by atoms with van der Waals surface area (Å²) in [5.41, 5.74) is 9.42. The highest BCUT2D eigenvalue weighted by molar-refractivity contribution is 6.12. The van der Waals surface area contributed by atoms with Crippen molar-refractivity contribution in [2.45, 2.75) is 20.0 Å². The molecule has 8 aromatic carbocycles. The Balaban J connectivity index is 1.34. The zero-order valence-corrected chi connectivity index (χ0v) is 32.5. The Morgan fingerprint density at radius 1 is 0.433 bits per heavy atom. The standard InChI is InChI=1S/C53H33F3N4/c1-32-10-7-12-34(24-32)36-20-22-48-42(26-36)40-15-3-5-18-46(40)59(48)50-28-39(52-38(30-57)14-9-17-45(52)53(54,55)56)29-51(44(50)31-58)60-47-19-6-4-16-41(47)43-27-37(21-23-49(43)60)35-13-8-11-33(2)25-35/h3-29H,1-2H3. The maximum absolute atomic E-state index is 15.0. The van der Waals surface area contributed by atoms with Gasteiger partial charge in [-0.15, -0.1) is 0 Å². The fraction of sp³-hybridized carbons (Fsp3) is 0.0566. The number of aromatic nitrogens is 2. The normalized spacial score (nSPS) is 11.7. The van der Waals surface area contributed by atoms with Gasteiger partial charge in [0, 0.05) is 27.1 Å². The fourth-order valence-corrected chi connectivity index (χ4v) is 8.89. The molecule has 0 bridgehead atoms. The van der Waals surface area contributed by atoms with E-state index in [1.807, 2.05) is 100 Å². The lowest BCUT2D eigenvalue weighted by molar-refractivity contribution is -0.137. The predicted octanol–water partition coefficient (Wildman–Crippen LogP) is 14.3. The summed E-state index contributed by atoms with van der Waals surface area (Å²) < 4.78 is 49.0. The number of hydrogen-bond donors (Lipinski definition) is 0. The van der Waals surface area contributed by atoms with Crippen molar-refractivity contribution >= 4 is 43.6 Å². The van der Waals surface area contributed by atoms with Crippen LogP contribution in [0.15, 0.2) is 164 Å². The van der Waals surface area contributed by atoms with E-state index in [1.165, 1.54) is 12.1 Å². The second-order valence-electron chi connectivity index (χ2n) is 15.2. The number of benzene rings is 8. The van der Waals surface area contributed by atoms with Gasteiger partial charge < -0.3 is 9.13 Å². The first-order chi connectivity index (χ1) is 29.1. The van der Waals surface area contributed by atoms with E-state index in [4.69, 9.17) is 0 Å². The Morgan fingerprint density at radius 3 is 1.37 bits per heavy atom. The molecule has 0 atom stereocenters. The van der Waals surface area contributed by atoms with E-state index in [9.17, 15) is 10.5 Å². The van der Waals surface area contributed by atoms with Crippen molar-refractivity contribution < 1.29 is 13.2 Å². The molecule has 0 saturated heterocycles. The third kappa shape index (κ3) is 5.82. The summed E-state index contributed by atoms with van der Waals surface area (Å²) in [6.45, 7) is 4.10. The van der Waals surface area contributed by atoms with Crippen LogP contribution >= 0.6 is 0 Å². The number of hydrogen-bond acceptors (Lipinski definition) is 2. The Morgan fingerprint density at radius 2 is 0.900 bits per heavy atom. The maximum atomic E-state index is 15.0. The molecule has 2 aromatic heterocycles. The molecule has 2 heterocycles. The van der Waals surface area contributed by atoms with Crippen LogP contribution < -0.4 is 0 Å². The number of aryl methyl sites for hydroxylation is 2. The van der Waals surface area contributed by atoms with E-state index < -0.39 is 11.7 Å². The van der Waals surface area contributed by atoms with E-state index in [1.54, 1.807) is 12.1 Å². The molecular weight excluding hydrogens is 750 g/mol. The van der Waals surface area contributed by atoms with E-state index in [0.29, 0.717) is 11.4 Å². The minimum Gasteiger partial charge on any atom is -0.308 e. The van der Waals surface area contributed by atoms with E-state index in [0.717, 1.165) is 83.1 Å². The molecule has 0 saturated carbocycles. The smallest absolute Gasteiger partial charge is 0.308 e. The molecule has 10 aromatic rings.